The van der Waals surface area contributed by atoms with Crippen LogP contribution in [0.3, 0.4) is 0 Å². The molecule has 1 saturated heterocycles. The Balaban J connectivity index is 1.85. The number of ether oxygens (including phenoxy) is 2. The Labute approximate surface area is 126 Å². The summed E-state index contributed by atoms with van der Waals surface area (Å²) in [5, 5.41) is 3.55. The van der Waals surface area contributed by atoms with Gasteiger partial charge < -0.3 is 19.7 Å². The number of carbonyl (C=O) groups excluding carboxylic acids is 1. The Bertz CT molecular complexity index is 482. The van der Waals surface area contributed by atoms with Crippen LogP contribution in [0.25, 0.3) is 0 Å². The molecule has 1 aromatic rings. The lowest BCUT2D eigenvalue weighted by molar-refractivity contribution is -0.129. The summed E-state index contributed by atoms with van der Waals surface area (Å²) in [5.74, 6) is 1.67. The van der Waals surface area contributed by atoms with Crippen LogP contribution in [0.2, 0.25) is 0 Å². The molecule has 2 rings (SSSR count). The van der Waals surface area contributed by atoms with Gasteiger partial charge in [-0.05, 0) is 30.5 Å². The van der Waals surface area contributed by atoms with Crippen molar-refractivity contribution in [1.82, 2.24) is 10.2 Å². The maximum atomic E-state index is 11.3. The summed E-state index contributed by atoms with van der Waals surface area (Å²) in [7, 11) is 3.28. The first-order valence-corrected chi connectivity index (χ1v) is 7.34. The molecule has 1 aliphatic rings. The molecule has 21 heavy (non-hydrogen) atoms. The van der Waals surface area contributed by atoms with Gasteiger partial charge in [-0.3, -0.25) is 4.79 Å². The average Bonchev–Trinajstić information content (AvgIpc) is 2.52. The third kappa shape index (κ3) is 4.11. The van der Waals surface area contributed by atoms with Gasteiger partial charge in [0.25, 0.3) is 0 Å². The first-order chi connectivity index (χ1) is 10.1. The summed E-state index contributed by atoms with van der Waals surface area (Å²) in [4.78, 5) is 13.2. The second kappa shape index (κ2) is 7.31. The molecule has 0 unspecified atom stereocenters. The van der Waals surface area contributed by atoms with Crippen molar-refractivity contribution in [3.05, 3.63) is 23.8 Å². The Hall–Kier alpha value is -1.75. The Morgan fingerprint density at radius 2 is 1.90 bits per heavy atom. The zero-order valence-corrected chi connectivity index (χ0v) is 13.0. The number of nitrogens with zero attached hydrogens (tertiary/aromatic N) is 1. The van der Waals surface area contributed by atoms with E-state index in [1.54, 1.807) is 21.1 Å². The van der Waals surface area contributed by atoms with Gasteiger partial charge in [-0.25, -0.2) is 0 Å². The fourth-order valence-corrected chi connectivity index (χ4v) is 2.65. The topological polar surface area (TPSA) is 50.8 Å². The third-order valence-corrected chi connectivity index (χ3v) is 3.98. The Morgan fingerprint density at radius 1 is 1.24 bits per heavy atom. The van der Waals surface area contributed by atoms with E-state index in [2.05, 4.69) is 5.32 Å². The highest BCUT2D eigenvalue weighted by Gasteiger charge is 2.20. The monoisotopic (exact) mass is 292 g/mol. The molecule has 0 saturated carbocycles. The van der Waals surface area contributed by atoms with Crippen molar-refractivity contribution in [3.8, 4) is 11.5 Å². The van der Waals surface area contributed by atoms with Gasteiger partial charge in [-0.1, -0.05) is 6.07 Å². The number of nitrogens with one attached hydrogen (secondary N) is 1. The molecule has 5 heteroatoms. The molecule has 1 amide bonds. The molecule has 0 aliphatic carbocycles. The van der Waals surface area contributed by atoms with Crippen LogP contribution in [0.4, 0.5) is 0 Å². The van der Waals surface area contributed by atoms with Crippen LogP contribution in [0.1, 0.15) is 25.3 Å². The van der Waals surface area contributed by atoms with Gasteiger partial charge in [-0.2, -0.15) is 0 Å². The van der Waals surface area contributed by atoms with Crippen LogP contribution in [0.5, 0.6) is 11.5 Å². The highest BCUT2D eigenvalue weighted by atomic mass is 16.5. The molecule has 0 spiro atoms. The van der Waals surface area contributed by atoms with Crippen molar-refractivity contribution in [2.24, 2.45) is 0 Å². The summed E-state index contributed by atoms with van der Waals surface area (Å²) < 4.78 is 10.5. The van der Waals surface area contributed by atoms with E-state index in [9.17, 15) is 4.79 Å². The number of rotatable bonds is 5. The first-order valence-electron chi connectivity index (χ1n) is 7.34. The lowest BCUT2D eigenvalue weighted by Gasteiger charge is -2.31. The highest BCUT2D eigenvalue weighted by Crippen LogP contribution is 2.27. The molecule has 0 bridgehead atoms. The summed E-state index contributed by atoms with van der Waals surface area (Å²) in [6.07, 6.45) is 2.01. The molecule has 0 aromatic heterocycles. The Morgan fingerprint density at radius 3 is 2.48 bits per heavy atom. The number of carbonyl (C=O) groups is 1. The van der Waals surface area contributed by atoms with E-state index >= 15 is 0 Å². The van der Waals surface area contributed by atoms with E-state index in [0.717, 1.165) is 44.0 Å². The van der Waals surface area contributed by atoms with E-state index in [1.807, 2.05) is 23.1 Å². The van der Waals surface area contributed by atoms with E-state index in [-0.39, 0.29) is 5.91 Å². The number of likely N-dealkylation sites (tertiary alicyclic amines) is 1. The molecule has 0 atom stereocenters. The largest absolute Gasteiger partial charge is 0.493 e. The lowest BCUT2D eigenvalue weighted by atomic mass is 10.0. The van der Waals surface area contributed by atoms with Crippen molar-refractivity contribution >= 4 is 5.91 Å². The maximum absolute atomic E-state index is 11.3. The predicted octanol–water partition coefficient (Wildman–Crippen LogP) is 1.80. The fourth-order valence-electron chi connectivity index (χ4n) is 2.65. The maximum Gasteiger partial charge on any atom is 0.219 e. The zero-order chi connectivity index (χ0) is 15.2. The normalized spacial score (nSPS) is 15.9. The molecule has 5 nitrogen and oxygen atoms in total. The molecular formula is C16H24N2O3. The van der Waals surface area contributed by atoms with Crippen LogP contribution in [0, 0.1) is 0 Å². The van der Waals surface area contributed by atoms with Gasteiger partial charge in [0.2, 0.25) is 5.91 Å². The second-order valence-electron chi connectivity index (χ2n) is 5.35. The number of methoxy groups -OCH3 is 2. The number of piperidine rings is 1. The van der Waals surface area contributed by atoms with Gasteiger partial charge in [0.05, 0.1) is 14.2 Å². The molecule has 0 radical (unpaired) electrons. The van der Waals surface area contributed by atoms with Gasteiger partial charge in [0.15, 0.2) is 11.5 Å². The summed E-state index contributed by atoms with van der Waals surface area (Å²) in [6.45, 7) is 4.13. The van der Waals surface area contributed by atoms with Crippen molar-refractivity contribution in [1.29, 1.82) is 0 Å². The van der Waals surface area contributed by atoms with Crippen LogP contribution in [-0.2, 0) is 11.3 Å². The molecule has 116 valence electrons. The van der Waals surface area contributed by atoms with Crippen LogP contribution in [0.15, 0.2) is 18.2 Å². The quantitative estimate of drug-likeness (QED) is 0.899. The van der Waals surface area contributed by atoms with E-state index in [1.165, 1.54) is 5.56 Å². The van der Waals surface area contributed by atoms with Crippen molar-refractivity contribution in [2.45, 2.75) is 32.4 Å². The van der Waals surface area contributed by atoms with Gasteiger partial charge in [-0.15, -0.1) is 0 Å². The SMILES string of the molecule is COc1ccc(CNC2CCN(C(C)=O)CC2)cc1OC. The zero-order valence-electron chi connectivity index (χ0n) is 13.0. The van der Waals surface area contributed by atoms with E-state index in [0.29, 0.717) is 6.04 Å². The summed E-state index contributed by atoms with van der Waals surface area (Å²) in [5.41, 5.74) is 1.17. The number of amides is 1. The average molecular weight is 292 g/mol. The van der Waals surface area contributed by atoms with Crippen LogP contribution < -0.4 is 14.8 Å². The summed E-state index contributed by atoms with van der Waals surface area (Å²) in [6, 6.07) is 6.43. The number of benzene rings is 1. The third-order valence-electron chi connectivity index (χ3n) is 3.98. The first kappa shape index (κ1) is 15.6. The number of hydrogen-bond acceptors (Lipinski definition) is 4. The Kier molecular flexibility index (Phi) is 5.44. The van der Waals surface area contributed by atoms with Crippen molar-refractivity contribution in [2.75, 3.05) is 27.3 Å². The lowest BCUT2D eigenvalue weighted by Crippen LogP contribution is -2.43. The highest BCUT2D eigenvalue weighted by molar-refractivity contribution is 5.73. The number of hydrogen-bond donors (Lipinski definition) is 1. The molecule has 1 aliphatic heterocycles. The minimum atomic E-state index is 0.174. The van der Waals surface area contributed by atoms with Gasteiger partial charge >= 0.3 is 0 Å². The van der Waals surface area contributed by atoms with E-state index in [4.69, 9.17) is 9.47 Å². The van der Waals surface area contributed by atoms with Crippen molar-refractivity contribution < 1.29 is 14.3 Å². The minimum absolute atomic E-state index is 0.174. The molecular weight excluding hydrogens is 268 g/mol. The molecule has 1 aromatic carbocycles. The minimum Gasteiger partial charge on any atom is -0.493 e. The molecule has 1 fully saturated rings. The predicted molar refractivity (Wildman–Crippen MR) is 81.7 cm³/mol. The summed E-state index contributed by atoms with van der Waals surface area (Å²) >= 11 is 0. The van der Waals surface area contributed by atoms with Crippen molar-refractivity contribution in [3.63, 3.8) is 0 Å². The van der Waals surface area contributed by atoms with Crippen LogP contribution >= 0.6 is 0 Å². The smallest absolute Gasteiger partial charge is 0.219 e. The fraction of sp³-hybridized carbons (Fsp3) is 0.562. The van der Waals surface area contributed by atoms with Gasteiger partial charge in [0, 0.05) is 32.6 Å². The second-order valence-corrected chi connectivity index (χ2v) is 5.35. The van der Waals surface area contributed by atoms with Crippen LogP contribution in [-0.4, -0.2) is 44.2 Å². The molecule has 1 N–H and O–H groups in total. The molecule has 1 heterocycles. The van der Waals surface area contributed by atoms with Gasteiger partial charge in [0.1, 0.15) is 0 Å². The standard InChI is InChI=1S/C16H24N2O3/c1-12(19)18-8-6-14(7-9-18)17-11-13-4-5-15(20-2)16(10-13)21-3/h4-5,10,14,17H,6-9,11H2,1-3H3. The van der Waals surface area contributed by atoms with E-state index < -0.39 is 0 Å².